The van der Waals surface area contributed by atoms with Gasteiger partial charge >= 0.3 is 0 Å². The molecule has 0 aliphatic carbocycles. The Morgan fingerprint density at radius 2 is 2.00 bits per heavy atom. The largest absolute Gasteiger partial charge is 0.311 e. The molecule has 3 saturated heterocycles. The maximum atomic E-state index is 3.70. The van der Waals surface area contributed by atoms with Crippen molar-refractivity contribution in [2.24, 2.45) is 11.8 Å². The van der Waals surface area contributed by atoms with E-state index in [4.69, 9.17) is 0 Å². The van der Waals surface area contributed by atoms with E-state index in [1.165, 1.54) is 43.5 Å². The molecule has 122 valence electrons. The molecule has 3 fully saturated rings. The molecule has 0 saturated carbocycles. The summed E-state index contributed by atoms with van der Waals surface area (Å²) in [4.78, 5) is 2.74. The Morgan fingerprint density at radius 1 is 1.23 bits per heavy atom. The molecule has 2 heteroatoms. The van der Waals surface area contributed by atoms with Crippen LogP contribution in [0, 0.1) is 11.8 Å². The fourth-order valence-electron chi connectivity index (χ4n) is 4.33. The van der Waals surface area contributed by atoms with Gasteiger partial charge < -0.3 is 5.32 Å². The van der Waals surface area contributed by atoms with Crippen molar-refractivity contribution in [2.45, 2.75) is 58.5 Å². The number of benzene rings is 1. The van der Waals surface area contributed by atoms with Gasteiger partial charge in [0.2, 0.25) is 0 Å². The molecule has 3 heterocycles. The Morgan fingerprint density at radius 3 is 2.59 bits per heavy atom. The Labute approximate surface area is 136 Å². The molecule has 1 aromatic rings. The Hall–Kier alpha value is -0.860. The summed E-state index contributed by atoms with van der Waals surface area (Å²) in [7, 11) is 0. The number of fused-ring (bicyclic) bond motifs is 3. The molecule has 0 radical (unpaired) electrons. The molecule has 3 aliphatic heterocycles. The van der Waals surface area contributed by atoms with E-state index in [1.54, 1.807) is 0 Å². The van der Waals surface area contributed by atoms with Gasteiger partial charge in [-0.25, -0.2) is 0 Å². The van der Waals surface area contributed by atoms with Crippen LogP contribution < -0.4 is 5.32 Å². The van der Waals surface area contributed by atoms with E-state index in [1.807, 2.05) is 0 Å². The summed E-state index contributed by atoms with van der Waals surface area (Å²) in [6, 6.07) is 9.89. The average Bonchev–Trinajstić information content (AvgIpc) is 2.56. The third kappa shape index (κ3) is 3.55. The molecule has 4 rings (SSSR count). The van der Waals surface area contributed by atoms with Crippen molar-refractivity contribution in [3.63, 3.8) is 0 Å². The maximum absolute atomic E-state index is 3.70. The van der Waals surface area contributed by atoms with Crippen LogP contribution in [0.25, 0.3) is 0 Å². The lowest BCUT2D eigenvalue weighted by Gasteiger charge is -2.50. The summed E-state index contributed by atoms with van der Waals surface area (Å²) in [5.41, 5.74) is 2.84. The number of nitrogens with one attached hydrogen (secondary N) is 1. The lowest BCUT2D eigenvalue weighted by molar-refractivity contribution is 0.000333. The van der Waals surface area contributed by atoms with E-state index in [-0.39, 0.29) is 0 Å². The van der Waals surface area contributed by atoms with Gasteiger partial charge in [-0.3, -0.25) is 4.90 Å². The van der Waals surface area contributed by atoms with Gasteiger partial charge in [0.25, 0.3) is 0 Å². The summed E-state index contributed by atoms with van der Waals surface area (Å²) >= 11 is 0. The van der Waals surface area contributed by atoms with E-state index >= 15 is 0 Å². The SMILES string of the molecule is CCC1CN2CCC1CC2CNCc1ccc(C(C)C)cc1. The lowest BCUT2D eigenvalue weighted by atomic mass is 9.74. The third-order valence-electron chi connectivity index (χ3n) is 5.89. The number of nitrogens with zero attached hydrogens (tertiary/aromatic N) is 1. The van der Waals surface area contributed by atoms with Crippen LogP contribution in [0.1, 0.15) is 57.1 Å². The normalized spacial score (nSPS) is 30.9. The zero-order valence-corrected chi connectivity index (χ0v) is 14.5. The molecule has 0 amide bonds. The summed E-state index contributed by atoms with van der Waals surface area (Å²) < 4.78 is 0. The maximum Gasteiger partial charge on any atom is 0.0223 e. The first-order valence-corrected chi connectivity index (χ1v) is 9.21. The fraction of sp³-hybridized carbons (Fsp3) is 0.700. The predicted octanol–water partition coefficient (Wildman–Crippen LogP) is 4.02. The highest BCUT2D eigenvalue weighted by Crippen LogP contribution is 2.37. The Bertz CT molecular complexity index is 465. The van der Waals surface area contributed by atoms with Crippen LogP contribution in [0.2, 0.25) is 0 Å². The van der Waals surface area contributed by atoms with E-state index in [2.05, 4.69) is 55.3 Å². The number of piperidine rings is 3. The summed E-state index contributed by atoms with van der Waals surface area (Å²) in [5, 5.41) is 3.70. The predicted molar refractivity (Wildman–Crippen MR) is 94.1 cm³/mol. The highest BCUT2D eigenvalue weighted by atomic mass is 15.2. The molecule has 0 spiro atoms. The van der Waals surface area contributed by atoms with Gasteiger partial charge in [0.1, 0.15) is 0 Å². The molecule has 22 heavy (non-hydrogen) atoms. The Balaban J connectivity index is 1.46. The van der Waals surface area contributed by atoms with E-state index in [9.17, 15) is 0 Å². The minimum Gasteiger partial charge on any atom is -0.311 e. The first-order chi connectivity index (χ1) is 10.7. The third-order valence-corrected chi connectivity index (χ3v) is 5.89. The standard InChI is InChI=1S/C20H32N2/c1-4-17-14-22-10-9-19(17)11-20(22)13-21-12-16-5-7-18(8-6-16)15(2)3/h5-8,15,17,19-21H,4,9-14H2,1-3H3. The smallest absolute Gasteiger partial charge is 0.0223 e. The molecule has 2 nitrogen and oxygen atoms in total. The molecule has 4 atom stereocenters. The van der Waals surface area contributed by atoms with Crippen molar-refractivity contribution in [1.82, 2.24) is 10.2 Å². The van der Waals surface area contributed by atoms with Crippen molar-refractivity contribution in [1.29, 1.82) is 0 Å². The van der Waals surface area contributed by atoms with Gasteiger partial charge in [-0.1, -0.05) is 51.5 Å². The number of hydrogen-bond acceptors (Lipinski definition) is 2. The quantitative estimate of drug-likeness (QED) is 0.853. The van der Waals surface area contributed by atoms with Gasteiger partial charge in [0.05, 0.1) is 0 Å². The fourth-order valence-corrected chi connectivity index (χ4v) is 4.33. The first kappa shape index (κ1) is 16.0. The van der Waals surface area contributed by atoms with Gasteiger partial charge in [0, 0.05) is 25.7 Å². The van der Waals surface area contributed by atoms with Crippen LogP contribution in [-0.4, -0.2) is 30.6 Å². The summed E-state index contributed by atoms with van der Waals surface area (Å²) in [6.45, 7) is 11.7. The molecule has 4 unspecified atom stereocenters. The lowest BCUT2D eigenvalue weighted by Crippen LogP contribution is -2.56. The van der Waals surface area contributed by atoms with Crippen molar-refractivity contribution >= 4 is 0 Å². The minimum atomic E-state index is 0.624. The van der Waals surface area contributed by atoms with E-state index in [0.717, 1.165) is 31.0 Å². The number of rotatable bonds is 6. The van der Waals surface area contributed by atoms with Gasteiger partial charge in [-0.15, -0.1) is 0 Å². The van der Waals surface area contributed by atoms with Crippen LogP contribution >= 0.6 is 0 Å². The van der Waals surface area contributed by atoms with Crippen molar-refractivity contribution < 1.29 is 0 Å². The summed E-state index contributed by atoms with van der Waals surface area (Å²) in [5.74, 6) is 2.58. The van der Waals surface area contributed by atoms with Gasteiger partial charge in [0.15, 0.2) is 0 Å². The monoisotopic (exact) mass is 300 g/mol. The number of hydrogen-bond donors (Lipinski definition) is 1. The van der Waals surface area contributed by atoms with Crippen molar-refractivity contribution in [2.75, 3.05) is 19.6 Å². The highest BCUT2D eigenvalue weighted by molar-refractivity contribution is 5.24. The summed E-state index contributed by atoms with van der Waals surface area (Å²) in [6.07, 6.45) is 4.22. The van der Waals surface area contributed by atoms with Gasteiger partial charge in [-0.05, 0) is 48.3 Å². The molecule has 2 bridgehead atoms. The minimum absolute atomic E-state index is 0.624. The zero-order chi connectivity index (χ0) is 15.5. The second-order valence-electron chi connectivity index (χ2n) is 7.63. The van der Waals surface area contributed by atoms with Gasteiger partial charge in [-0.2, -0.15) is 0 Å². The van der Waals surface area contributed by atoms with Crippen LogP contribution in [0.3, 0.4) is 0 Å². The zero-order valence-electron chi connectivity index (χ0n) is 14.5. The van der Waals surface area contributed by atoms with Crippen molar-refractivity contribution in [3.8, 4) is 0 Å². The van der Waals surface area contributed by atoms with Crippen LogP contribution in [0.4, 0.5) is 0 Å². The van der Waals surface area contributed by atoms with E-state index < -0.39 is 0 Å². The molecular formula is C20H32N2. The molecule has 1 aromatic carbocycles. The van der Waals surface area contributed by atoms with Crippen LogP contribution in [0.5, 0.6) is 0 Å². The van der Waals surface area contributed by atoms with E-state index in [0.29, 0.717) is 5.92 Å². The second kappa shape index (κ2) is 7.14. The second-order valence-corrected chi connectivity index (χ2v) is 7.63. The molecular weight excluding hydrogens is 268 g/mol. The highest BCUT2D eigenvalue weighted by Gasteiger charge is 2.38. The van der Waals surface area contributed by atoms with Crippen molar-refractivity contribution in [3.05, 3.63) is 35.4 Å². The molecule has 0 aromatic heterocycles. The van der Waals surface area contributed by atoms with Crippen LogP contribution in [-0.2, 0) is 6.54 Å². The topological polar surface area (TPSA) is 15.3 Å². The van der Waals surface area contributed by atoms with Crippen LogP contribution in [0.15, 0.2) is 24.3 Å². The molecule has 1 N–H and O–H groups in total. The first-order valence-electron chi connectivity index (χ1n) is 9.21. The molecule has 3 aliphatic rings. The Kier molecular flexibility index (Phi) is 5.20. The average molecular weight is 300 g/mol.